The van der Waals surface area contributed by atoms with Crippen LogP contribution in [0.25, 0.3) is 33.5 Å². The molecule has 0 unspecified atom stereocenters. The number of fused-ring (bicyclic) bond motifs is 2. The summed E-state index contributed by atoms with van der Waals surface area (Å²) in [4.78, 5) is 40.2. The maximum atomic E-state index is 11.9. The Hall–Kier alpha value is -7.80. The maximum Gasteiger partial charge on any atom is 0.337 e. The number of nitrogens with zero attached hydrogens (tertiary/aromatic N) is 8. The molecule has 0 aliphatic carbocycles. The maximum absolute atomic E-state index is 11.9. The third kappa shape index (κ3) is 10.1. The molecule has 312 valence electrons. The van der Waals surface area contributed by atoms with Crippen molar-refractivity contribution in [3.8, 4) is 45.5 Å². The first-order chi connectivity index (χ1) is 29.6. The van der Waals surface area contributed by atoms with E-state index in [1.807, 2.05) is 42.7 Å². The van der Waals surface area contributed by atoms with Crippen LogP contribution in [0.3, 0.4) is 0 Å². The first-order valence-corrected chi connectivity index (χ1v) is 18.8. The molecule has 0 fully saturated rings. The number of esters is 2. The van der Waals surface area contributed by atoms with Crippen LogP contribution in [0.15, 0.2) is 114 Å². The number of carbonyl (C=O) groups excluding carboxylic acids is 2. The summed E-state index contributed by atoms with van der Waals surface area (Å²) >= 11 is 3.47. The van der Waals surface area contributed by atoms with Crippen molar-refractivity contribution in [2.75, 3.05) is 53.7 Å². The van der Waals surface area contributed by atoms with Gasteiger partial charge in [0.15, 0.2) is 22.8 Å². The number of anilines is 3. The zero-order chi connectivity index (χ0) is 43.5. The van der Waals surface area contributed by atoms with Gasteiger partial charge in [0.25, 0.3) is 11.8 Å². The fourth-order valence-corrected chi connectivity index (χ4v) is 6.32. The molecule has 0 saturated heterocycles. The van der Waals surface area contributed by atoms with E-state index in [4.69, 9.17) is 34.2 Å². The van der Waals surface area contributed by atoms with Gasteiger partial charge in [-0.2, -0.15) is 20.2 Å². The second kappa shape index (κ2) is 19.8. The highest BCUT2D eigenvalue weighted by Gasteiger charge is 2.14. The summed E-state index contributed by atoms with van der Waals surface area (Å²) in [5.41, 5.74) is 12.0. The van der Waals surface area contributed by atoms with Crippen molar-refractivity contribution < 1.29 is 38.0 Å². The van der Waals surface area contributed by atoms with Crippen LogP contribution in [0.5, 0.6) is 23.3 Å². The normalized spacial score (nSPS) is 10.4. The van der Waals surface area contributed by atoms with Gasteiger partial charge in [-0.15, -0.1) is 0 Å². The molecule has 8 rings (SSSR count). The number of aromatic nitrogens is 8. The smallest absolute Gasteiger partial charge is 0.337 e. The van der Waals surface area contributed by atoms with Gasteiger partial charge in [0, 0.05) is 23.5 Å². The Labute approximate surface area is 357 Å². The molecular formula is C42H39BrN10O8. The molecule has 0 radical (unpaired) electrons. The Kier molecular flexibility index (Phi) is 13.9. The predicted molar refractivity (Wildman–Crippen MR) is 230 cm³/mol. The average Bonchev–Trinajstić information content (AvgIpc) is 4.00. The van der Waals surface area contributed by atoms with Crippen LogP contribution in [0.4, 0.5) is 17.3 Å². The van der Waals surface area contributed by atoms with E-state index in [1.165, 1.54) is 41.1 Å². The Bertz CT molecular complexity index is 2810. The van der Waals surface area contributed by atoms with E-state index in [0.717, 1.165) is 32.4 Å². The molecule has 3 N–H and O–H groups in total. The Morgan fingerprint density at radius 3 is 1.69 bits per heavy atom. The van der Waals surface area contributed by atoms with Crippen molar-refractivity contribution in [1.29, 1.82) is 0 Å². The number of hydrogen-bond acceptors (Lipinski definition) is 16. The van der Waals surface area contributed by atoms with Crippen LogP contribution in [0.1, 0.15) is 20.7 Å². The first kappa shape index (κ1) is 42.8. The summed E-state index contributed by atoms with van der Waals surface area (Å²) in [5.74, 6) is 2.11. The van der Waals surface area contributed by atoms with Crippen LogP contribution in [0.2, 0.25) is 0 Å². The minimum absolute atomic E-state index is 0.354. The molecule has 19 heteroatoms. The molecule has 0 aliphatic heterocycles. The van der Waals surface area contributed by atoms with Crippen molar-refractivity contribution in [3.63, 3.8) is 0 Å². The summed E-state index contributed by atoms with van der Waals surface area (Å²) < 4.78 is 34.1. The Morgan fingerprint density at radius 1 is 0.607 bits per heavy atom. The minimum atomic E-state index is -0.397. The average molecular weight is 892 g/mol. The largest absolute Gasteiger partial charge is 0.491 e. The van der Waals surface area contributed by atoms with Crippen molar-refractivity contribution in [2.45, 2.75) is 0 Å². The molecule has 0 spiro atoms. The third-order valence-electron chi connectivity index (χ3n) is 8.70. The molecule has 2 aromatic carbocycles. The zero-order valence-electron chi connectivity index (χ0n) is 33.7. The summed E-state index contributed by atoms with van der Waals surface area (Å²) in [6.07, 6.45) is 6.67. The van der Waals surface area contributed by atoms with E-state index in [1.54, 1.807) is 77.8 Å². The monoisotopic (exact) mass is 890 g/mol. The molecule has 0 amide bonds. The van der Waals surface area contributed by atoms with Gasteiger partial charge < -0.3 is 39.5 Å². The third-order valence-corrected chi connectivity index (χ3v) is 9.28. The molecule has 61 heavy (non-hydrogen) atoms. The number of ether oxygens (including phenoxy) is 6. The minimum Gasteiger partial charge on any atom is -0.491 e. The van der Waals surface area contributed by atoms with Gasteiger partial charge in [0.2, 0.25) is 0 Å². The number of hydrogen-bond donors (Lipinski definition) is 2. The van der Waals surface area contributed by atoms with Gasteiger partial charge in [-0.25, -0.2) is 28.6 Å². The molecule has 18 nitrogen and oxygen atoms in total. The van der Waals surface area contributed by atoms with Gasteiger partial charge in [-0.3, -0.25) is 0 Å². The van der Waals surface area contributed by atoms with E-state index < -0.39 is 5.97 Å². The summed E-state index contributed by atoms with van der Waals surface area (Å²) in [6.45, 7) is 0. The van der Waals surface area contributed by atoms with E-state index in [0.29, 0.717) is 57.4 Å². The molecule has 0 saturated carbocycles. The van der Waals surface area contributed by atoms with Crippen molar-refractivity contribution in [3.05, 3.63) is 126 Å². The number of nitrogens with one attached hydrogen (secondary N) is 1. The van der Waals surface area contributed by atoms with Crippen LogP contribution in [0, 0.1) is 0 Å². The quantitative estimate of drug-likeness (QED) is 0.133. The van der Waals surface area contributed by atoms with Gasteiger partial charge in [0.1, 0.15) is 24.3 Å². The van der Waals surface area contributed by atoms with Gasteiger partial charge >= 0.3 is 11.9 Å². The second-order valence-electron chi connectivity index (χ2n) is 12.4. The van der Waals surface area contributed by atoms with Crippen LogP contribution in [-0.4, -0.2) is 93.8 Å². The fraction of sp³-hybridized carbons (Fsp3) is 0.143. The Balaban J connectivity index is 0.000000172. The lowest BCUT2D eigenvalue weighted by molar-refractivity contribution is 0.0592. The number of methoxy groups -OCH3 is 6. The lowest BCUT2D eigenvalue weighted by Gasteiger charge is -2.12. The SMILES string of the molecule is COC(=O)c1cccc(-c2cc(Br)c3ncnn3c2)c1.COC(=O)c1cccc(-c2cc(Nc3ccc(OC)c(OC)n3)c3ncnn3c2)c1.COc1ccc(N)nc1OC. The van der Waals surface area contributed by atoms with Gasteiger partial charge in [-0.05, 0) is 87.7 Å². The zero-order valence-corrected chi connectivity index (χ0v) is 35.3. The summed E-state index contributed by atoms with van der Waals surface area (Å²) in [5, 5.41) is 11.6. The highest BCUT2D eigenvalue weighted by molar-refractivity contribution is 9.10. The second-order valence-corrected chi connectivity index (χ2v) is 13.3. The van der Waals surface area contributed by atoms with E-state index in [9.17, 15) is 9.59 Å². The van der Waals surface area contributed by atoms with Crippen LogP contribution >= 0.6 is 15.9 Å². The molecule has 0 aliphatic rings. The number of nitrogen functional groups attached to an aromatic ring is 1. The van der Waals surface area contributed by atoms with Gasteiger partial charge in [0.05, 0.1) is 63.9 Å². The molecule has 6 heterocycles. The van der Waals surface area contributed by atoms with Crippen LogP contribution in [-0.2, 0) is 9.47 Å². The van der Waals surface area contributed by atoms with Gasteiger partial charge in [-0.1, -0.05) is 24.3 Å². The summed E-state index contributed by atoms with van der Waals surface area (Å²) in [6, 6.07) is 25.2. The topological polar surface area (TPSA) is 214 Å². The molecule has 0 bridgehead atoms. The Morgan fingerprint density at radius 2 is 1.13 bits per heavy atom. The highest BCUT2D eigenvalue weighted by atomic mass is 79.9. The number of rotatable bonds is 10. The van der Waals surface area contributed by atoms with E-state index in [2.05, 4.69) is 51.4 Å². The number of benzene rings is 2. The van der Waals surface area contributed by atoms with Crippen molar-refractivity contribution in [2.24, 2.45) is 0 Å². The van der Waals surface area contributed by atoms with E-state index >= 15 is 0 Å². The van der Waals surface area contributed by atoms with Crippen LogP contribution < -0.4 is 30.0 Å². The predicted octanol–water partition coefficient (Wildman–Crippen LogP) is 6.97. The molecular weight excluding hydrogens is 852 g/mol. The molecule has 8 aromatic rings. The van der Waals surface area contributed by atoms with E-state index in [-0.39, 0.29) is 5.97 Å². The van der Waals surface area contributed by atoms with Crippen molar-refractivity contribution >= 4 is 56.5 Å². The lowest BCUT2D eigenvalue weighted by Crippen LogP contribution is -2.02. The molecule has 0 atom stereocenters. The standard InChI is InChI=1S/C21H19N5O4.C14H10BrN3O2.C7H10N2O2/c1-28-17-7-8-18(25-20(17)29-2)24-16-10-15(11-26-19(16)22-12-23-26)13-5-4-6-14(9-13)21(27)30-3;1-20-14(19)10-4-2-3-9(5-10)11-6-12(15)13-16-8-17-18(13)7-11;1-10-5-3-4-6(8)9-7(5)11-2/h4-12H,1-3H3,(H,24,25);2-8H,1H3;3-4H,1-2H3,(H2,8,9). The number of nitrogens with two attached hydrogens (primary N) is 1. The van der Waals surface area contributed by atoms with Crippen molar-refractivity contribution in [1.82, 2.24) is 39.2 Å². The number of carbonyl (C=O) groups is 2. The molecule has 6 aromatic heterocycles. The summed E-state index contributed by atoms with van der Waals surface area (Å²) in [7, 11) is 8.88. The fourth-order valence-electron chi connectivity index (χ4n) is 5.79. The highest BCUT2D eigenvalue weighted by Crippen LogP contribution is 2.31. The first-order valence-electron chi connectivity index (χ1n) is 18.0. The number of pyridine rings is 4. The number of halogens is 1. The lowest BCUT2D eigenvalue weighted by atomic mass is 10.0.